The number of carbonyl (C=O) groups is 2. The van der Waals surface area contributed by atoms with Gasteiger partial charge in [-0.05, 0) is 18.6 Å². The van der Waals surface area contributed by atoms with Gasteiger partial charge >= 0.3 is 5.97 Å². The van der Waals surface area contributed by atoms with Gasteiger partial charge in [-0.25, -0.2) is 4.79 Å². The molecule has 0 saturated carbocycles. The molecule has 1 atom stereocenters. The van der Waals surface area contributed by atoms with Gasteiger partial charge in [0, 0.05) is 6.92 Å². The summed E-state index contributed by atoms with van der Waals surface area (Å²) < 4.78 is 4.67. The quantitative estimate of drug-likeness (QED) is 0.623. The van der Waals surface area contributed by atoms with Gasteiger partial charge in [-0.3, -0.25) is 4.79 Å². The second kappa shape index (κ2) is 6.38. The Morgan fingerprint density at radius 3 is 2.53 bits per heavy atom. The van der Waals surface area contributed by atoms with Crippen LogP contribution in [0.25, 0.3) is 0 Å². The van der Waals surface area contributed by atoms with Gasteiger partial charge in [0.1, 0.15) is 18.9 Å². The first-order chi connectivity index (χ1) is 8.92. The molecule has 1 N–H and O–H groups in total. The van der Waals surface area contributed by atoms with Crippen LogP contribution in [0, 0.1) is 0 Å². The summed E-state index contributed by atoms with van der Waals surface area (Å²) in [6.07, 6.45) is 1.48. The van der Waals surface area contributed by atoms with E-state index in [0.29, 0.717) is 16.3 Å². The van der Waals surface area contributed by atoms with Gasteiger partial charge in [-0.15, -0.1) is 0 Å². The van der Waals surface area contributed by atoms with Crippen molar-refractivity contribution < 1.29 is 19.2 Å². The predicted molar refractivity (Wildman–Crippen MR) is 70.7 cm³/mol. The monoisotopic (exact) mass is 286 g/mol. The van der Waals surface area contributed by atoms with Gasteiger partial charge in [-0.1, -0.05) is 16.8 Å². The number of halogens is 1. The summed E-state index contributed by atoms with van der Waals surface area (Å²) in [5.41, 5.74) is 1.14. The van der Waals surface area contributed by atoms with Crippen LogP contribution in [0.4, 0.5) is 0 Å². The Labute approximate surface area is 116 Å². The number of ether oxygens (including phenoxy) is 1. The van der Waals surface area contributed by atoms with E-state index in [1.54, 1.807) is 6.92 Å². The lowest BCUT2D eigenvalue weighted by atomic mass is 9.94. The fraction of sp³-hybridized carbons (Fsp3) is 0.417. The Morgan fingerprint density at radius 2 is 2.05 bits per heavy atom. The van der Waals surface area contributed by atoms with Crippen molar-refractivity contribution in [1.82, 2.24) is 5.32 Å². The molecule has 1 amide bonds. The lowest BCUT2D eigenvalue weighted by molar-refractivity contribution is -0.135. The molecule has 0 aliphatic heterocycles. The fourth-order valence-electron chi connectivity index (χ4n) is 1.66. The molecule has 1 rings (SSSR count). The molecule has 0 radical (unpaired) electrons. The van der Waals surface area contributed by atoms with Crippen LogP contribution in [0.5, 0.6) is 0 Å². The highest BCUT2D eigenvalue weighted by atomic mass is 35.5. The van der Waals surface area contributed by atoms with E-state index in [4.69, 9.17) is 16.4 Å². The standard InChI is InChI=1S/C12H15ClN2O4/c1-6-8(12(17)18-3)5-9(15-19-4)11(10(6)13)14-7(2)16/h5,11H,1-4H3,(H,14,16). The van der Waals surface area contributed by atoms with Gasteiger partial charge in [-0.2, -0.15) is 0 Å². The zero-order chi connectivity index (χ0) is 14.6. The maximum Gasteiger partial charge on any atom is 0.338 e. The molecule has 0 aromatic rings. The minimum atomic E-state index is -0.632. The number of nitrogens with one attached hydrogen (secondary N) is 1. The Hall–Kier alpha value is -1.82. The molecule has 1 aliphatic carbocycles. The van der Waals surface area contributed by atoms with Crippen molar-refractivity contribution in [2.24, 2.45) is 5.16 Å². The van der Waals surface area contributed by atoms with Crippen molar-refractivity contribution in [3.63, 3.8) is 0 Å². The molecule has 0 saturated heterocycles. The number of hydrogen-bond acceptors (Lipinski definition) is 5. The summed E-state index contributed by atoms with van der Waals surface area (Å²) in [5.74, 6) is -0.796. The van der Waals surface area contributed by atoms with Crippen molar-refractivity contribution in [2.45, 2.75) is 19.9 Å². The Balaban J connectivity index is 3.26. The lowest BCUT2D eigenvalue weighted by Crippen LogP contribution is -2.42. The molecule has 0 fully saturated rings. The van der Waals surface area contributed by atoms with Crippen LogP contribution >= 0.6 is 11.6 Å². The first-order valence-corrected chi connectivity index (χ1v) is 5.85. The van der Waals surface area contributed by atoms with Gasteiger partial charge in [0.2, 0.25) is 5.91 Å². The third-order valence-electron chi connectivity index (χ3n) is 2.55. The maximum atomic E-state index is 11.6. The van der Waals surface area contributed by atoms with Crippen LogP contribution in [-0.4, -0.2) is 37.8 Å². The van der Waals surface area contributed by atoms with Gasteiger partial charge in [0.15, 0.2) is 0 Å². The molecule has 104 valence electrons. The highest BCUT2D eigenvalue weighted by Gasteiger charge is 2.30. The second-order valence-electron chi connectivity index (χ2n) is 3.85. The third-order valence-corrected chi connectivity index (χ3v) is 3.05. The summed E-state index contributed by atoms with van der Waals surface area (Å²) in [6.45, 7) is 3.03. The van der Waals surface area contributed by atoms with Crippen molar-refractivity contribution in [1.29, 1.82) is 0 Å². The van der Waals surface area contributed by atoms with Crippen LogP contribution < -0.4 is 5.32 Å². The van der Waals surface area contributed by atoms with E-state index in [9.17, 15) is 9.59 Å². The van der Waals surface area contributed by atoms with Gasteiger partial charge < -0.3 is 14.9 Å². The Morgan fingerprint density at radius 1 is 1.42 bits per heavy atom. The number of hydrogen-bond donors (Lipinski definition) is 1. The first-order valence-electron chi connectivity index (χ1n) is 5.47. The van der Waals surface area contributed by atoms with Crippen LogP contribution in [0.15, 0.2) is 27.4 Å². The second-order valence-corrected chi connectivity index (χ2v) is 4.26. The van der Waals surface area contributed by atoms with Crippen molar-refractivity contribution >= 4 is 29.2 Å². The first kappa shape index (κ1) is 15.2. The van der Waals surface area contributed by atoms with Crippen LogP contribution in [0.1, 0.15) is 13.8 Å². The highest BCUT2D eigenvalue weighted by Crippen LogP contribution is 2.27. The molecule has 0 aromatic carbocycles. The zero-order valence-electron chi connectivity index (χ0n) is 11.1. The lowest BCUT2D eigenvalue weighted by Gasteiger charge is -2.24. The Bertz CT molecular complexity index is 494. The number of rotatable bonds is 3. The number of amides is 1. The van der Waals surface area contributed by atoms with E-state index < -0.39 is 12.0 Å². The van der Waals surface area contributed by atoms with Crippen LogP contribution in [0.3, 0.4) is 0 Å². The summed E-state index contributed by atoms with van der Waals surface area (Å²) in [6, 6.07) is -0.632. The smallest absolute Gasteiger partial charge is 0.338 e. The highest BCUT2D eigenvalue weighted by molar-refractivity contribution is 6.35. The Kier molecular flexibility index (Phi) is 5.11. The molecule has 19 heavy (non-hydrogen) atoms. The van der Waals surface area contributed by atoms with E-state index in [2.05, 4.69) is 15.2 Å². The molecular formula is C12H15ClN2O4. The summed E-state index contributed by atoms with van der Waals surface area (Å²) in [5, 5.41) is 6.71. The number of nitrogens with zero attached hydrogens (tertiary/aromatic N) is 1. The predicted octanol–water partition coefficient (Wildman–Crippen LogP) is 1.12. The molecular weight excluding hydrogens is 272 g/mol. The SMILES string of the molecule is CON=C1C=C(C(=O)OC)C(C)=C(Cl)C1NC(C)=O. The largest absolute Gasteiger partial charge is 0.465 e. The van der Waals surface area contributed by atoms with Crippen LogP contribution in [0.2, 0.25) is 0 Å². The van der Waals surface area contributed by atoms with E-state index in [1.807, 2.05) is 0 Å². The van der Waals surface area contributed by atoms with E-state index in [-0.39, 0.29) is 11.5 Å². The number of carbonyl (C=O) groups excluding carboxylic acids is 2. The minimum Gasteiger partial charge on any atom is -0.465 e. The molecule has 1 unspecified atom stereocenters. The van der Waals surface area contributed by atoms with Gasteiger partial charge in [0.25, 0.3) is 0 Å². The molecule has 6 nitrogen and oxygen atoms in total. The number of oxime groups is 1. The van der Waals surface area contributed by atoms with Crippen molar-refractivity contribution in [3.8, 4) is 0 Å². The molecule has 0 spiro atoms. The molecule has 0 aromatic heterocycles. The average molecular weight is 287 g/mol. The molecule has 7 heteroatoms. The van der Waals surface area contributed by atoms with Gasteiger partial charge in [0.05, 0.1) is 17.7 Å². The fourth-order valence-corrected chi connectivity index (χ4v) is 1.93. The summed E-state index contributed by atoms with van der Waals surface area (Å²) >= 11 is 6.18. The maximum absolute atomic E-state index is 11.6. The molecule has 1 aliphatic rings. The zero-order valence-corrected chi connectivity index (χ0v) is 11.9. The summed E-state index contributed by atoms with van der Waals surface area (Å²) in [4.78, 5) is 27.5. The topological polar surface area (TPSA) is 77.0 Å². The van der Waals surface area contributed by atoms with Crippen molar-refractivity contribution in [3.05, 3.63) is 22.3 Å². The number of esters is 1. The summed E-state index contributed by atoms with van der Waals surface area (Å²) in [7, 11) is 2.64. The van der Waals surface area contributed by atoms with E-state index in [0.717, 1.165) is 0 Å². The van der Waals surface area contributed by atoms with E-state index in [1.165, 1.54) is 27.2 Å². The number of methoxy groups -OCH3 is 1. The van der Waals surface area contributed by atoms with E-state index >= 15 is 0 Å². The van der Waals surface area contributed by atoms with Crippen LogP contribution in [-0.2, 0) is 19.2 Å². The van der Waals surface area contributed by atoms with Crippen molar-refractivity contribution in [2.75, 3.05) is 14.2 Å². The minimum absolute atomic E-state index is 0.269. The normalized spacial score (nSPS) is 21.0. The third kappa shape index (κ3) is 3.35. The molecule has 0 heterocycles. The molecule has 0 bridgehead atoms. The average Bonchev–Trinajstić information content (AvgIpc) is 2.37.